The van der Waals surface area contributed by atoms with E-state index in [1.807, 2.05) is 42.2 Å². The van der Waals surface area contributed by atoms with Gasteiger partial charge in [0.2, 0.25) is 9.76 Å². The molecule has 2 unspecified atom stereocenters. The maximum atomic E-state index is 13.9. The van der Waals surface area contributed by atoms with Crippen LogP contribution in [-0.2, 0) is 9.16 Å². The summed E-state index contributed by atoms with van der Waals surface area (Å²) in [6.07, 6.45) is 2.44. The number of hydrogen-bond acceptors (Lipinski definition) is 6. The summed E-state index contributed by atoms with van der Waals surface area (Å²) in [7, 11) is 2.04. The molecule has 0 bridgehead atoms. The highest BCUT2D eigenvalue weighted by atomic mass is 32.1. The normalized spacial score (nSPS) is 18.6. The summed E-state index contributed by atoms with van der Waals surface area (Å²) in [5.41, 5.74) is 2.42. The lowest BCUT2D eigenvalue weighted by molar-refractivity contribution is 0.0178. The van der Waals surface area contributed by atoms with Gasteiger partial charge < -0.3 is 23.8 Å². The van der Waals surface area contributed by atoms with E-state index in [0.717, 1.165) is 39.0 Å². The lowest BCUT2D eigenvalue weighted by Gasteiger charge is -2.39. The van der Waals surface area contributed by atoms with Gasteiger partial charge in [-0.15, -0.1) is 11.3 Å². The highest BCUT2D eigenvalue weighted by Gasteiger charge is 2.45. The number of benzene rings is 1. The number of likely N-dealkylation sites (tertiary alicyclic amines) is 1. The summed E-state index contributed by atoms with van der Waals surface area (Å²) in [5, 5.41) is 1.15. The number of carbonyl (C=O) groups is 1. The Kier molecular flexibility index (Phi) is 7.15. The van der Waals surface area contributed by atoms with E-state index in [9.17, 15) is 4.79 Å². The molecule has 0 spiro atoms. The molecule has 5 rings (SSSR count). The van der Waals surface area contributed by atoms with Crippen LogP contribution in [0.2, 0.25) is 5.04 Å². The third-order valence-electron chi connectivity index (χ3n) is 6.82. The number of aryl methyl sites for hydroxylation is 1. The number of thiophene rings is 1. The molecule has 1 aromatic carbocycles. The molecule has 1 saturated heterocycles. The van der Waals surface area contributed by atoms with E-state index in [1.54, 1.807) is 13.3 Å². The molecule has 1 fully saturated rings. The van der Waals surface area contributed by atoms with Crippen molar-refractivity contribution in [2.45, 2.75) is 70.7 Å². The van der Waals surface area contributed by atoms with Crippen molar-refractivity contribution in [2.75, 3.05) is 13.7 Å². The molecule has 1 amide bonds. The Labute approximate surface area is 230 Å². The predicted octanol–water partition coefficient (Wildman–Crippen LogP) is 6.74. The van der Waals surface area contributed by atoms with Gasteiger partial charge in [0.25, 0.3) is 5.91 Å². The summed E-state index contributed by atoms with van der Waals surface area (Å²) >= 11 is 1.42. The van der Waals surface area contributed by atoms with Gasteiger partial charge in [-0.25, -0.2) is 0 Å². The van der Waals surface area contributed by atoms with Gasteiger partial charge in [-0.05, 0) is 62.6 Å². The predicted molar refractivity (Wildman–Crippen MR) is 154 cm³/mol. The second kappa shape index (κ2) is 10.1. The summed E-state index contributed by atoms with van der Waals surface area (Å²) in [6.45, 7) is 13.2. The monoisotopic (exact) mass is 549 g/mol. The average molecular weight is 550 g/mol. The number of aromatic amines is 1. The third kappa shape index (κ3) is 5.52. The number of fused-ring (bicyclic) bond motifs is 2. The van der Waals surface area contributed by atoms with Crippen LogP contribution in [0.5, 0.6) is 11.5 Å². The third-order valence-corrected chi connectivity index (χ3v) is 9.19. The average Bonchev–Trinajstić information content (AvgIpc) is 3.58. The second-order valence-corrected chi connectivity index (χ2v) is 14.5. The fourth-order valence-electron chi connectivity index (χ4n) is 4.89. The Hall–Kier alpha value is -2.72. The molecule has 2 radical (unpaired) electrons. The van der Waals surface area contributed by atoms with Gasteiger partial charge in [0.15, 0.2) is 0 Å². The Morgan fingerprint density at radius 3 is 2.68 bits per heavy atom. The summed E-state index contributed by atoms with van der Waals surface area (Å²) in [5.74, 6) is 1.41. The van der Waals surface area contributed by atoms with Gasteiger partial charge in [0.1, 0.15) is 11.5 Å². The molecule has 200 valence electrons. The van der Waals surface area contributed by atoms with Gasteiger partial charge in [0, 0.05) is 42.5 Å². The van der Waals surface area contributed by atoms with Gasteiger partial charge in [0.05, 0.1) is 32.8 Å². The SMILES string of the molecule is COC1CC(C(C)(C)O[Si]C(C)(C)C)N(C(=O)c2cc3nccc(Oc4ccc5[nH]c(C)cc5c4)c3s2)C1. The maximum Gasteiger partial charge on any atom is 0.264 e. The fourth-order valence-corrected chi connectivity index (χ4v) is 6.62. The minimum Gasteiger partial charge on any atom is -0.456 e. The van der Waals surface area contributed by atoms with E-state index in [1.165, 1.54) is 11.3 Å². The summed E-state index contributed by atoms with van der Waals surface area (Å²) in [4.78, 5) is 24.3. The molecule has 9 heteroatoms. The first-order valence-corrected chi connectivity index (χ1v) is 14.6. The first-order chi connectivity index (χ1) is 17.9. The van der Waals surface area contributed by atoms with Crippen LogP contribution in [0.25, 0.3) is 21.1 Å². The van der Waals surface area contributed by atoms with E-state index < -0.39 is 5.60 Å². The molecular weight excluding hydrogens is 514 g/mol. The number of carbonyl (C=O) groups excluding carboxylic acids is 1. The van der Waals surface area contributed by atoms with Crippen molar-refractivity contribution in [1.29, 1.82) is 0 Å². The molecule has 4 heterocycles. The number of rotatable bonds is 7. The number of nitrogens with zero attached hydrogens (tertiary/aromatic N) is 2. The van der Waals surface area contributed by atoms with Crippen molar-refractivity contribution in [3.63, 3.8) is 0 Å². The second-order valence-electron chi connectivity index (χ2n) is 11.6. The number of aromatic nitrogens is 2. The number of amides is 1. The number of H-pyrrole nitrogens is 1. The minimum absolute atomic E-state index is 0.0246. The number of hydrogen-bond donors (Lipinski definition) is 1. The first kappa shape index (κ1) is 26.9. The fraction of sp³-hybridized carbons (Fsp3) is 0.448. The topological polar surface area (TPSA) is 76.7 Å². The molecule has 1 aliphatic rings. The lowest BCUT2D eigenvalue weighted by atomic mass is 9.96. The zero-order valence-electron chi connectivity index (χ0n) is 23.0. The lowest BCUT2D eigenvalue weighted by Crippen LogP contribution is -2.50. The molecule has 0 aliphatic carbocycles. The molecular formula is C29H35N3O4SSi. The van der Waals surface area contributed by atoms with Gasteiger partial charge in [-0.1, -0.05) is 20.8 Å². The van der Waals surface area contributed by atoms with Crippen molar-refractivity contribution in [3.8, 4) is 11.5 Å². The highest BCUT2D eigenvalue weighted by molar-refractivity contribution is 7.21. The number of pyridine rings is 1. The Morgan fingerprint density at radius 1 is 1.16 bits per heavy atom. The van der Waals surface area contributed by atoms with E-state index in [0.29, 0.717) is 26.9 Å². The van der Waals surface area contributed by atoms with Crippen molar-refractivity contribution >= 4 is 48.1 Å². The highest BCUT2D eigenvalue weighted by Crippen LogP contribution is 2.39. The summed E-state index contributed by atoms with van der Waals surface area (Å²) in [6, 6.07) is 11.7. The zero-order valence-corrected chi connectivity index (χ0v) is 24.9. The molecule has 1 aliphatic heterocycles. The van der Waals surface area contributed by atoms with Gasteiger partial charge in [-0.3, -0.25) is 9.78 Å². The molecule has 38 heavy (non-hydrogen) atoms. The van der Waals surface area contributed by atoms with Crippen molar-refractivity contribution < 1.29 is 18.7 Å². The van der Waals surface area contributed by atoms with E-state index in [2.05, 4.69) is 50.7 Å². The van der Waals surface area contributed by atoms with Gasteiger partial charge >= 0.3 is 0 Å². The Balaban J connectivity index is 1.42. The van der Waals surface area contributed by atoms with Crippen LogP contribution in [0.15, 0.2) is 42.6 Å². The summed E-state index contributed by atoms with van der Waals surface area (Å²) < 4.78 is 19.3. The van der Waals surface area contributed by atoms with Crippen LogP contribution in [0.4, 0.5) is 0 Å². The van der Waals surface area contributed by atoms with E-state index in [-0.39, 0.29) is 23.1 Å². The first-order valence-electron chi connectivity index (χ1n) is 12.9. The Morgan fingerprint density at radius 2 is 1.95 bits per heavy atom. The standard InChI is InChI=1S/C29H35N3O4SSi/c1-17-12-18-13-19(8-9-21(18)31-17)35-23-10-11-30-22-15-24(37-26(22)23)27(33)32-16-20(34-7)14-25(32)29(5,6)36-38-28(2,3)4/h8-13,15,20,25,31H,14,16H2,1-7H3. The van der Waals surface area contributed by atoms with Crippen molar-refractivity contribution in [1.82, 2.24) is 14.9 Å². The van der Waals surface area contributed by atoms with Crippen LogP contribution in [-0.4, -0.2) is 61.9 Å². The number of nitrogens with one attached hydrogen (secondary N) is 1. The van der Waals surface area contributed by atoms with Crippen LogP contribution in [0.3, 0.4) is 0 Å². The maximum absolute atomic E-state index is 13.9. The molecule has 2 atom stereocenters. The number of ether oxygens (including phenoxy) is 2. The smallest absolute Gasteiger partial charge is 0.264 e. The zero-order chi connectivity index (χ0) is 27.2. The van der Waals surface area contributed by atoms with E-state index in [4.69, 9.17) is 13.9 Å². The molecule has 1 N–H and O–H groups in total. The minimum atomic E-state index is -0.507. The molecule has 7 nitrogen and oxygen atoms in total. The van der Waals surface area contributed by atoms with Crippen molar-refractivity contribution in [2.24, 2.45) is 0 Å². The van der Waals surface area contributed by atoms with Crippen LogP contribution in [0, 0.1) is 6.92 Å². The van der Waals surface area contributed by atoms with Crippen LogP contribution >= 0.6 is 11.3 Å². The van der Waals surface area contributed by atoms with E-state index >= 15 is 0 Å². The largest absolute Gasteiger partial charge is 0.456 e. The van der Waals surface area contributed by atoms with Gasteiger partial charge in [-0.2, -0.15) is 0 Å². The molecule has 4 aromatic rings. The Bertz CT molecular complexity index is 1470. The van der Waals surface area contributed by atoms with Crippen LogP contribution in [0.1, 0.15) is 56.4 Å². The molecule has 0 saturated carbocycles. The molecule has 3 aromatic heterocycles. The van der Waals surface area contributed by atoms with Crippen LogP contribution < -0.4 is 4.74 Å². The van der Waals surface area contributed by atoms with Crippen molar-refractivity contribution in [3.05, 3.63) is 53.2 Å². The quantitative estimate of drug-likeness (QED) is 0.258. The number of methoxy groups -OCH3 is 1.